The van der Waals surface area contributed by atoms with Crippen molar-refractivity contribution in [3.05, 3.63) is 108 Å². The summed E-state index contributed by atoms with van der Waals surface area (Å²) in [6.45, 7) is 0.813. The molecule has 3 aromatic carbocycles. The van der Waals surface area contributed by atoms with E-state index in [1.165, 1.54) is 27.4 Å². The van der Waals surface area contributed by atoms with Gasteiger partial charge in [0.05, 0.1) is 29.5 Å². The van der Waals surface area contributed by atoms with Crippen molar-refractivity contribution in [2.24, 2.45) is 5.41 Å². The van der Waals surface area contributed by atoms with Gasteiger partial charge in [-0.25, -0.2) is 0 Å². The number of para-hydroxylation sites is 3. The van der Waals surface area contributed by atoms with E-state index in [1.54, 1.807) is 0 Å². The van der Waals surface area contributed by atoms with Crippen LogP contribution in [0.3, 0.4) is 0 Å². The van der Waals surface area contributed by atoms with Gasteiger partial charge >= 0.3 is 0 Å². The van der Waals surface area contributed by atoms with Gasteiger partial charge in [0.1, 0.15) is 11.9 Å². The molecule has 4 aliphatic rings. The standard InChI is InChI=1S/C29H26N2OS/c1-5-13-24-20(9-1)17-27(32-24)29(28-18-21-10-2-6-14-25(21)33-28)16-8-7-15-26(29)31-19-30-22-11-3-4-12-23(22)31/h1-16,26-28,30H,17-19H2. The minimum absolute atomic E-state index is 0.0840. The Labute approximate surface area is 199 Å². The topological polar surface area (TPSA) is 24.5 Å². The third kappa shape index (κ3) is 2.90. The van der Waals surface area contributed by atoms with E-state index in [9.17, 15) is 0 Å². The van der Waals surface area contributed by atoms with Crippen molar-refractivity contribution in [2.45, 2.75) is 35.1 Å². The number of anilines is 2. The number of allylic oxidation sites excluding steroid dienone is 2. The molecule has 0 radical (unpaired) electrons. The van der Waals surface area contributed by atoms with Crippen molar-refractivity contribution in [1.82, 2.24) is 0 Å². The molecule has 0 amide bonds. The summed E-state index contributed by atoms with van der Waals surface area (Å²) < 4.78 is 6.79. The maximum Gasteiger partial charge on any atom is 0.123 e. The number of nitrogens with zero attached hydrogens (tertiary/aromatic N) is 1. The first-order chi connectivity index (χ1) is 16.3. The lowest BCUT2D eigenvalue weighted by molar-refractivity contribution is 0.0865. The Hall–Kier alpha value is -3.11. The molecule has 0 fully saturated rings. The number of benzene rings is 3. The molecule has 0 spiro atoms. The fourth-order valence-corrected chi connectivity index (χ4v) is 7.74. The number of hydrogen-bond donors (Lipinski definition) is 1. The zero-order valence-corrected chi connectivity index (χ0v) is 19.2. The van der Waals surface area contributed by atoms with Crippen LogP contribution in [0.5, 0.6) is 5.75 Å². The summed E-state index contributed by atoms with van der Waals surface area (Å²) in [5, 5.41) is 4.02. The van der Waals surface area contributed by atoms with Gasteiger partial charge in [-0.05, 0) is 41.8 Å². The Morgan fingerprint density at radius 2 is 1.70 bits per heavy atom. The molecule has 3 aromatic rings. The molecule has 4 atom stereocenters. The van der Waals surface area contributed by atoms with Crippen LogP contribution in [-0.4, -0.2) is 24.1 Å². The van der Waals surface area contributed by atoms with Crippen molar-refractivity contribution in [3.8, 4) is 5.75 Å². The van der Waals surface area contributed by atoms with Crippen molar-refractivity contribution < 1.29 is 4.74 Å². The fraction of sp³-hybridized carbons (Fsp3) is 0.241. The van der Waals surface area contributed by atoms with Crippen LogP contribution in [0.2, 0.25) is 0 Å². The Kier molecular flexibility index (Phi) is 4.38. The van der Waals surface area contributed by atoms with Gasteiger partial charge in [0.2, 0.25) is 0 Å². The average Bonchev–Trinajstić information content (AvgIpc) is 3.60. The molecule has 164 valence electrons. The molecule has 0 saturated carbocycles. The van der Waals surface area contributed by atoms with Crippen LogP contribution in [0, 0.1) is 5.41 Å². The molecule has 0 saturated heterocycles. The highest BCUT2D eigenvalue weighted by Crippen LogP contribution is 2.55. The van der Waals surface area contributed by atoms with E-state index < -0.39 is 0 Å². The number of ether oxygens (including phenoxy) is 1. The molecule has 4 unspecified atom stereocenters. The van der Waals surface area contributed by atoms with Crippen molar-refractivity contribution in [1.29, 1.82) is 0 Å². The molecule has 3 nitrogen and oxygen atoms in total. The Bertz CT molecular complexity index is 1180. The molecule has 1 aliphatic carbocycles. The van der Waals surface area contributed by atoms with E-state index in [0.717, 1.165) is 25.3 Å². The van der Waals surface area contributed by atoms with Crippen molar-refractivity contribution in [2.75, 3.05) is 16.9 Å². The minimum Gasteiger partial charge on any atom is -0.489 e. The first kappa shape index (κ1) is 19.4. The SMILES string of the molecule is C1=CC(N2CNc3ccccc32)C(C2Cc3ccccc3O2)(C2Cc3ccccc3S2)C=C1. The van der Waals surface area contributed by atoms with Crippen LogP contribution in [0.15, 0.2) is 102 Å². The second kappa shape index (κ2) is 7.46. The third-order valence-electron chi connectivity index (χ3n) is 7.70. The van der Waals surface area contributed by atoms with Crippen LogP contribution in [0.25, 0.3) is 0 Å². The lowest BCUT2D eigenvalue weighted by Gasteiger charge is -2.49. The summed E-state index contributed by atoms with van der Waals surface area (Å²) in [4.78, 5) is 3.96. The van der Waals surface area contributed by atoms with E-state index in [1.807, 2.05) is 11.8 Å². The Morgan fingerprint density at radius 3 is 2.61 bits per heavy atom. The number of thioether (sulfide) groups is 1. The monoisotopic (exact) mass is 450 g/mol. The molecular weight excluding hydrogens is 424 g/mol. The van der Waals surface area contributed by atoms with Gasteiger partial charge < -0.3 is 15.0 Å². The van der Waals surface area contributed by atoms with Gasteiger partial charge in [-0.2, -0.15) is 0 Å². The van der Waals surface area contributed by atoms with E-state index in [-0.39, 0.29) is 17.6 Å². The second-order valence-electron chi connectivity index (χ2n) is 9.35. The Balaban J connectivity index is 1.35. The average molecular weight is 451 g/mol. The maximum atomic E-state index is 6.79. The van der Waals surface area contributed by atoms with Gasteiger partial charge in [0.15, 0.2) is 0 Å². The van der Waals surface area contributed by atoms with E-state index in [0.29, 0.717) is 5.25 Å². The van der Waals surface area contributed by atoms with Crippen LogP contribution in [-0.2, 0) is 12.8 Å². The molecule has 3 aliphatic heterocycles. The minimum atomic E-state index is -0.170. The molecule has 1 N–H and O–H groups in total. The van der Waals surface area contributed by atoms with E-state index in [2.05, 4.69) is 107 Å². The highest BCUT2D eigenvalue weighted by molar-refractivity contribution is 8.00. The summed E-state index contributed by atoms with van der Waals surface area (Å²) >= 11 is 2.04. The molecule has 3 heterocycles. The molecule has 0 bridgehead atoms. The van der Waals surface area contributed by atoms with E-state index in [4.69, 9.17) is 4.74 Å². The van der Waals surface area contributed by atoms with E-state index >= 15 is 0 Å². The first-order valence-electron chi connectivity index (χ1n) is 11.8. The lowest BCUT2D eigenvalue weighted by Crippen LogP contribution is -2.59. The number of fused-ring (bicyclic) bond motifs is 3. The maximum absolute atomic E-state index is 6.79. The highest BCUT2D eigenvalue weighted by Gasteiger charge is 2.56. The molecule has 7 rings (SSSR count). The molecule has 4 heteroatoms. The molecule has 0 aromatic heterocycles. The quantitative estimate of drug-likeness (QED) is 0.523. The van der Waals surface area contributed by atoms with Gasteiger partial charge in [-0.15, -0.1) is 11.8 Å². The summed E-state index contributed by atoms with van der Waals surface area (Å²) in [5.41, 5.74) is 5.11. The summed E-state index contributed by atoms with van der Waals surface area (Å²) in [6, 6.07) is 26.4. The van der Waals surface area contributed by atoms with Gasteiger partial charge in [-0.3, -0.25) is 0 Å². The number of nitrogens with one attached hydrogen (secondary N) is 1. The highest BCUT2D eigenvalue weighted by atomic mass is 32.2. The summed E-state index contributed by atoms with van der Waals surface area (Å²) in [7, 11) is 0. The molecule has 33 heavy (non-hydrogen) atoms. The third-order valence-corrected chi connectivity index (χ3v) is 9.21. The van der Waals surface area contributed by atoms with Crippen LogP contribution in [0.4, 0.5) is 11.4 Å². The predicted octanol–water partition coefficient (Wildman–Crippen LogP) is 6.08. The lowest BCUT2D eigenvalue weighted by atomic mass is 9.67. The van der Waals surface area contributed by atoms with Gasteiger partial charge in [0.25, 0.3) is 0 Å². The van der Waals surface area contributed by atoms with Crippen LogP contribution in [0.1, 0.15) is 11.1 Å². The van der Waals surface area contributed by atoms with Gasteiger partial charge in [-0.1, -0.05) is 72.8 Å². The first-order valence-corrected chi connectivity index (χ1v) is 12.7. The fourth-order valence-electron chi connectivity index (χ4n) is 6.13. The number of rotatable bonds is 3. The smallest absolute Gasteiger partial charge is 0.123 e. The van der Waals surface area contributed by atoms with Crippen molar-refractivity contribution >= 4 is 23.1 Å². The largest absolute Gasteiger partial charge is 0.489 e. The normalized spacial score (nSPS) is 28.7. The molecular formula is C29H26N2OS. The predicted molar refractivity (Wildman–Crippen MR) is 136 cm³/mol. The summed E-state index contributed by atoms with van der Waals surface area (Å²) in [6.07, 6.45) is 11.4. The van der Waals surface area contributed by atoms with Gasteiger partial charge in [0, 0.05) is 16.6 Å². The van der Waals surface area contributed by atoms with Crippen LogP contribution < -0.4 is 15.0 Å². The summed E-state index contributed by atoms with van der Waals surface area (Å²) in [5.74, 6) is 1.05. The Morgan fingerprint density at radius 1 is 0.879 bits per heavy atom. The van der Waals surface area contributed by atoms with Crippen molar-refractivity contribution in [3.63, 3.8) is 0 Å². The number of hydrogen-bond acceptors (Lipinski definition) is 4. The zero-order valence-electron chi connectivity index (χ0n) is 18.4. The zero-order chi connectivity index (χ0) is 21.8. The second-order valence-corrected chi connectivity index (χ2v) is 10.6. The van der Waals surface area contributed by atoms with Crippen LogP contribution >= 0.6 is 11.8 Å².